The number of amides is 3. The number of carbonyl (C=O) groups excluding carboxylic acids is 3. The first-order valence-electron chi connectivity index (χ1n) is 22.3. The molecule has 0 unspecified atom stereocenters. The molecule has 3 N–H and O–H groups in total. The van der Waals surface area contributed by atoms with Crippen LogP contribution in [0.3, 0.4) is 0 Å². The van der Waals surface area contributed by atoms with Crippen LogP contribution >= 0.6 is 0 Å². The van der Waals surface area contributed by atoms with Gasteiger partial charge in [-0.2, -0.15) is 21.4 Å². The summed E-state index contributed by atoms with van der Waals surface area (Å²) < 4.78 is 68.3. The highest BCUT2D eigenvalue weighted by molar-refractivity contribution is 7.86. The fraction of sp³-hybridized carbons (Fsp3) is 0.333. The van der Waals surface area contributed by atoms with E-state index >= 15 is 0 Å². The molecular formula is C51H57N4O9S2+. The minimum absolute atomic E-state index is 0.123. The Kier molecular flexibility index (Phi) is 14.1. The van der Waals surface area contributed by atoms with E-state index in [9.17, 15) is 40.3 Å². The number of carbonyl (C=O) groups is 3. The summed E-state index contributed by atoms with van der Waals surface area (Å²) in [5.74, 6) is -1.19. The van der Waals surface area contributed by atoms with E-state index in [2.05, 4.69) is 78.9 Å². The zero-order valence-corrected chi connectivity index (χ0v) is 39.4. The normalized spacial score (nSPS) is 17.6. The molecule has 346 valence electrons. The molecule has 0 aromatic heterocycles. The van der Waals surface area contributed by atoms with Gasteiger partial charge in [0.15, 0.2) is 5.71 Å². The van der Waals surface area contributed by atoms with Crippen LogP contribution in [0.15, 0.2) is 132 Å². The van der Waals surface area contributed by atoms with E-state index in [-0.39, 0.29) is 46.9 Å². The van der Waals surface area contributed by atoms with Gasteiger partial charge >= 0.3 is 0 Å². The molecule has 0 saturated carbocycles. The lowest BCUT2D eigenvalue weighted by Gasteiger charge is -2.27. The summed E-state index contributed by atoms with van der Waals surface area (Å²) in [6.45, 7) is 10.3. The van der Waals surface area contributed by atoms with E-state index in [4.69, 9.17) is 0 Å². The summed E-state index contributed by atoms with van der Waals surface area (Å²) in [7, 11) is -8.44. The number of unbranched alkanes of at least 4 members (excludes halogenated alkanes) is 3. The SMILES string of the molecule is CC1(C)C(=CC=CC=CC=CC2=[N+](CCCCS(=O)(=O)O)c3ccc4ccccc4c3C2(C)C)N(CCCCCC(=O)NCCN2C(=O)C=CC2=O)c2ccc3cc(S(=O)(=O)O)ccc3c21. The Morgan fingerprint density at radius 3 is 2.15 bits per heavy atom. The van der Waals surface area contributed by atoms with Gasteiger partial charge in [0.1, 0.15) is 6.54 Å². The van der Waals surface area contributed by atoms with E-state index in [0.717, 1.165) is 56.9 Å². The molecule has 3 aliphatic rings. The minimum Gasteiger partial charge on any atom is -0.354 e. The lowest BCUT2D eigenvalue weighted by molar-refractivity contribution is -0.438. The Morgan fingerprint density at radius 2 is 1.41 bits per heavy atom. The van der Waals surface area contributed by atoms with Crippen molar-refractivity contribution in [1.82, 2.24) is 10.2 Å². The van der Waals surface area contributed by atoms with Crippen LogP contribution in [0.1, 0.15) is 77.3 Å². The maximum absolute atomic E-state index is 12.6. The number of rotatable bonds is 19. The molecule has 4 aromatic rings. The fourth-order valence-corrected chi connectivity index (χ4v) is 10.7. The third-order valence-electron chi connectivity index (χ3n) is 12.7. The molecule has 3 aliphatic heterocycles. The number of benzene rings is 4. The molecule has 0 fully saturated rings. The maximum atomic E-state index is 12.6. The van der Waals surface area contributed by atoms with Crippen molar-refractivity contribution < 1.29 is 44.9 Å². The van der Waals surface area contributed by atoms with Gasteiger partial charge < -0.3 is 10.2 Å². The smallest absolute Gasteiger partial charge is 0.294 e. The first-order valence-corrected chi connectivity index (χ1v) is 25.3. The summed E-state index contributed by atoms with van der Waals surface area (Å²) in [4.78, 5) is 39.4. The largest absolute Gasteiger partial charge is 0.354 e. The van der Waals surface area contributed by atoms with E-state index in [1.165, 1.54) is 35.2 Å². The third-order valence-corrected chi connectivity index (χ3v) is 14.4. The number of nitrogens with zero attached hydrogens (tertiary/aromatic N) is 3. The average molecular weight is 934 g/mol. The van der Waals surface area contributed by atoms with Crippen molar-refractivity contribution in [2.75, 3.05) is 36.8 Å². The molecule has 4 aromatic carbocycles. The first kappa shape index (κ1) is 47.9. The zero-order chi connectivity index (χ0) is 47.4. The molecule has 0 atom stereocenters. The maximum Gasteiger partial charge on any atom is 0.294 e. The van der Waals surface area contributed by atoms with Crippen molar-refractivity contribution in [1.29, 1.82) is 0 Å². The second-order valence-corrected chi connectivity index (χ2v) is 20.9. The Hall–Kier alpha value is -6.00. The van der Waals surface area contributed by atoms with Crippen molar-refractivity contribution in [2.24, 2.45) is 0 Å². The second kappa shape index (κ2) is 19.5. The summed E-state index contributed by atoms with van der Waals surface area (Å²) >= 11 is 0. The minimum atomic E-state index is -4.39. The van der Waals surface area contributed by atoms with Gasteiger partial charge in [-0.25, -0.2) is 0 Å². The molecule has 0 radical (unpaired) electrons. The predicted molar refractivity (Wildman–Crippen MR) is 259 cm³/mol. The van der Waals surface area contributed by atoms with Crippen molar-refractivity contribution >= 4 is 76.6 Å². The molecule has 13 nitrogen and oxygen atoms in total. The highest BCUT2D eigenvalue weighted by Gasteiger charge is 2.45. The van der Waals surface area contributed by atoms with Crippen LogP contribution in [0.4, 0.5) is 11.4 Å². The topological polar surface area (TPSA) is 181 Å². The summed E-state index contributed by atoms with van der Waals surface area (Å²) in [5, 5.41) is 6.69. The highest BCUT2D eigenvalue weighted by Crippen LogP contribution is 2.51. The quantitative estimate of drug-likeness (QED) is 0.0272. The Labute approximate surface area is 387 Å². The number of fused-ring (bicyclic) bond motifs is 6. The lowest BCUT2D eigenvalue weighted by atomic mass is 9.79. The van der Waals surface area contributed by atoms with Crippen LogP contribution in [0.2, 0.25) is 0 Å². The molecular weight excluding hydrogens is 877 g/mol. The molecule has 3 heterocycles. The third kappa shape index (κ3) is 10.3. The van der Waals surface area contributed by atoms with Crippen molar-refractivity contribution in [3.05, 3.63) is 138 Å². The molecule has 15 heteroatoms. The molecule has 0 saturated heterocycles. The van der Waals surface area contributed by atoms with Crippen LogP contribution in [0.25, 0.3) is 21.5 Å². The monoisotopic (exact) mass is 933 g/mol. The van der Waals surface area contributed by atoms with Crippen LogP contribution in [0.5, 0.6) is 0 Å². The molecule has 0 spiro atoms. The number of allylic oxidation sites excluding steroid dienone is 8. The van der Waals surface area contributed by atoms with E-state index in [1.54, 1.807) is 6.07 Å². The number of hydrogen-bond acceptors (Lipinski definition) is 8. The second-order valence-electron chi connectivity index (χ2n) is 17.9. The van der Waals surface area contributed by atoms with E-state index in [1.807, 2.05) is 54.6 Å². The molecule has 0 bridgehead atoms. The molecule has 7 rings (SSSR count). The van der Waals surface area contributed by atoms with Crippen molar-refractivity contribution in [3.63, 3.8) is 0 Å². The van der Waals surface area contributed by atoms with Gasteiger partial charge in [0, 0.05) is 79.1 Å². The van der Waals surface area contributed by atoms with Crippen molar-refractivity contribution in [3.8, 4) is 0 Å². The molecule has 3 amide bonds. The van der Waals surface area contributed by atoms with Crippen LogP contribution in [-0.2, 0) is 45.4 Å². The van der Waals surface area contributed by atoms with Gasteiger partial charge in [0.2, 0.25) is 11.6 Å². The predicted octanol–water partition coefficient (Wildman–Crippen LogP) is 8.24. The Bertz CT molecular complexity index is 3000. The van der Waals surface area contributed by atoms with Crippen LogP contribution < -0.4 is 10.2 Å². The van der Waals surface area contributed by atoms with Gasteiger partial charge in [-0.15, -0.1) is 0 Å². The van der Waals surface area contributed by atoms with Gasteiger partial charge in [0.05, 0.1) is 16.1 Å². The van der Waals surface area contributed by atoms with Crippen molar-refractivity contribution in [2.45, 2.75) is 81.9 Å². The first-order chi connectivity index (χ1) is 31.3. The van der Waals surface area contributed by atoms with Gasteiger partial charge in [-0.05, 0) is 90.6 Å². The van der Waals surface area contributed by atoms with E-state index < -0.39 is 25.7 Å². The average Bonchev–Trinajstić information content (AvgIpc) is 3.78. The highest BCUT2D eigenvalue weighted by atomic mass is 32.2. The van der Waals surface area contributed by atoms with Gasteiger partial charge in [-0.3, -0.25) is 28.4 Å². The molecule has 0 aliphatic carbocycles. The van der Waals surface area contributed by atoms with E-state index in [0.29, 0.717) is 44.2 Å². The van der Waals surface area contributed by atoms with Crippen LogP contribution in [0, 0.1) is 0 Å². The Balaban J connectivity index is 1.08. The summed E-state index contributed by atoms with van der Waals surface area (Å²) in [6.07, 6.45) is 20.0. The molecule has 66 heavy (non-hydrogen) atoms. The zero-order valence-electron chi connectivity index (χ0n) is 37.7. The Morgan fingerprint density at radius 1 is 0.712 bits per heavy atom. The number of nitrogens with one attached hydrogen (secondary N) is 1. The fourth-order valence-electron chi connectivity index (χ4n) is 9.57. The summed E-state index contributed by atoms with van der Waals surface area (Å²) in [5.41, 5.74) is 5.62. The van der Waals surface area contributed by atoms with Crippen LogP contribution in [-0.4, -0.2) is 90.8 Å². The standard InChI is InChI=1S/C51H56N4O9S2/c1-50(2)43(54(32-15-16-34-65(59,60)61)41-26-22-36-17-12-13-18-39(36)48(41)50)19-9-6-5-7-10-20-44-51(3,4)49-40-25-24-38(66(62,63)64)35-37(40)23-27-42(49)53(44)31-14-8-11-21-45(56)52-30-33-55-46(57)28-29-47(55)58/h5-7,9-10,12-13,17-20,22-29,35H,8,11,14-16,21,30-34H2,1-4H3,(H2-,52,56,59,60,61,62,63,64)/p+1. The number of imide groups is 1. The number of anilines is 1. The van der Waals surface area contributed by atoms with Gasteiger partial charge in [0.25, 0.3) is 32.1 Å². The lowest BCUT2D eigenvalue weighted by Crippen LogP contribution is -2.38. The summed E-state index contributed by atoms with van der Waals surface area (Å²) in [6, 6.07) is 21.1. The van der Waals surface area contributed by atoms with Gasteiger partial charge in [-0.1, -0.05) is 87.0 Å². The number of hydrogen-bond donors (Lipinski definition) is 3.